The Bertz CT molecular complexity index is 364. The molecule has 0 N–H and O–H groups in total. The minimum Gasteiger partial charge on any atom is -0.122 e. The lowest BCUT2D eigenvalue weighted by Gasteiger charge is -2.38. The van der Waals surface area contributed by atoms with Gasteiger partial charge in [0, 0.05) is 5.25 Å². The molecule has 1 aliphatic heterocycles. The first-order chi connectivity index (χ1) is 7.82. The molecule has 1 unspecified atom stereocenters. The second kappa shape index (κ2) is 4.74. The van der Waals surface area contributed by atoms with Crippen LogP contribution in [0.4, 0.5) is 0 Å². The van der Waals surface area contributed by atoms with Crippen LogP contribution in [0.3, 0.4) is 0 Å². The number of hydrogen-bond donors (Lipinski definition) is 0. The fraction of sp³-hybridized carbons (Fsp3) is 0.765. The molecular weight excluding hydrogens is 236 g/mol. The summed E-state index contributed by atoms with van der Waals surface area (Å²) >= 11 is 2.05. The van der Waals surface area contributed by atoms with Crippen molar-refractivity contribution in [3.8, 4) is 0 Å². The monoisotopic (exact) mass is 266 g/mol. The zero-order valence-corrected chi connectivity index (χ0v) is 14.5. The molecule has 1 atom stereocenters. The lowest BCUT2D eigenvalue weighted by atomic mass is 9.80. The first-order valence-corrected chi connectivity index (χ1v) is 7.81. The number of allylic oxidation sites excluding steroid dienone is 3. The van der Waals surface area contributed by atoms with Crippen molar-refractivity contribution in [1.29, 1.82) is 0 Å². The van der Waals surface area contributed by atoms with E-state index in [-0.39, 0.29) is 10.8 Å². The molecule has 1 aliphatic rings. The highest BCUT2D eigenvalue weighted by Gasteiger charge is 2.33. The van der Waals surface area contributed by atoms with Crippen LogP contribution in [0, 0.1) is 16.2 Å². The van der Waals surface area contributed by atoms with Gasteiger partial charge in [-0.05, 0) is 32.8 Å². The van der Waals surface area contributed by atoms with Crippen LogP contribution in [0.15, 0.2) is 22.6 Å². The maximum absolute atomic E-state index is 2.49. The van der Waals surface area contributed by atoms with Crippen molar-refractivity contribution < 1.29 is 0 Å². The van der Waals surface area contributed by atoms with E-state index in [4.69, 9.17) is 0 Å². The molecule has 0 radical (unpaired) electrons. The van der Waals surface area contributed by atoms with Crippen molar-refractivity contribution in [1.82, 2.24) is 0 Å². The van der Waals surface area contributed by atoms with E-state index >= 15 is 0 Å². The van der Waals surface area contributed by atoms with Crippen molar-refractivity contribution in [3.05, 3.63) is 22.6 Å². The predicted octanol–water partition coefficient (Wildman–Crippen LogP) is 6.05. The second-order valence-electron chi connectivity index (χ2n) is 8.54. The SMILES string of the molecule is CC(C)(C)C1=CC(C(C)(C)C)SC(C(C)(C)C)=C1. The number of rotatable bonds is 0. The minimum atomic E-state index is 0.237. The molecular formula is C17H30S. The van der Waals surface area contributed by atoms with E-state index in [2.05, 4.69) is 74.5 Å². The smallest absolute Gasteiger partial charge is 0.0325 e. The maximum atomic E-state index is 2.49. The molecule has 0 saturated heterocycles. The van der Waals surface area contributed by atoms with Crippen LogP contribution in [0.5, 0.6) is 0 Å². The summed E-state index contributed by atoms with van der Waals surface area (Å²) in [5.74, 6) is 0. The molecule has 104 valence electrons. The molecule has 0 aromatic rings. The Labute approximate surface area is 118 Å². The first-order valence-electron chi connectivity index (χ1n) is 6.93. The summed E-state index contributed by atoms with van der Waals surface area (Å²) in [6, 6.07) is 0. The van der Waals surface area contributed by atoms with Gasteiger partial charge in [-0.2, -0.15) is 0 Å². The van der Waals surface area contributed by atoms with Crippen LogP contribution in [-0.2, 0) is 0 Å². The maximum Gasteiger partial charge on any atom is 0.0325 e. The van der Waals surface area contributed by atoms with E-state index in [0.29, 0.717) is 10.7 Å². The molecule has 0 nitrogen and oxygen atoms in total. The van der Waals surface area contributed by atoms with Crippen LogP contribution in [0.25, 0.3) is 0 Å². The molecule has 0 amide bonds. The average molecular weight is 266 g/mol. The van der Waals surface area contributed by atoms with Crippen molar-refractivity contribution in [2.75, 3.05) is 0 Å². The van der Waals surface area contributed by atoms with Crippen molar-refractivity contribution in [2.45, 2.75) is 67.6 Å². The van der Waals surface area contributed by atoms with E-state index in [9.17, 15) is 0 Å². The molecule has 0 aliphatic carbocycles. The average Bonchev–Trinajstić information content (AvgIpc) is 2.13. The van der Waals surface area contributed by atoms with Gasteiger partial charge in [-0.15, -0.1) is 11.8 Å². The summed E-state index contributed by atoms with van der Waals surface area (Å²) < 4.78 is 0. The molecule has 18 heavy (non-hydrogen) atoms. The highest BCUT2D eigenvalue weighted by molar-refractivity contribution is 8.04. The van der Waals surface area contributed by atoms with E-state index in [1.165, 1.54) is 10.5 Å². The highest BCUT2D eigenvalue weighted by Crippen LogP contribution is 2.48. The number of thioether (sulfide) groups is 1. The van der Waals surface area contributed by atoms with Gasteiger partial charge in [0.1, 0.15) is 0 Å². The predicted molar refractivity (Wildman–Crippen MR) is 85.9 cm³/mol. The summed E-state index contributed by atoms with van der Waals surface area (Å²) in [5, 5.41) is 0.575. The largest absolute Gasteiger partial charge is 0.122 e. The lowest BCUT2D eigenvalue weighted by Crippen LogP contribution is -2.27. The van der Waals surface area contributed by atoms with Gasteiger partial charge in [-0.1, -0.05) is 68.4 Å². The molecule has 1 heteroatoms. The molecule has 1 heterocycles. The quantitative estimate of drug-likeness (QED) is 0.514. The third-order valence-corrected chi connectivity index (χ3v) is 5.41. The van der Waals surface area contributed by atoms with E-state index in [1.54, 1.807) is 0 Å². The summed E-state index contributed by atoms with van der Waals surface area (Å²) in [7, 11) is 0. The summed E-state index contributed by atoms with van der Waals surface area (Å²) in [6.07, 6.45) is 4.91. The Hall–Kier alpha value is -0.170. The van der Waals surface area contributed by atoms with Gasteiger partial charge in [0.2, 0.25) is 0 Å². The van der Waals surface area contributed by atoms with E-state index < -0.39 is 0 Å². The first kappa shape index (κ1) is 15.9. The van der Waals surface area contributed by atoms with Crippen molar-refractivity contribution >= 4 is 11.8 Å². The fourth-order valence-corrected chi connectivity index (χ4v) is 3.23. The topological polar surface area (TPSA) is 0 Å². The zero-order valence-electron chi connectivity index (χ0n) is 13.6. The van der Waals surface area contributed by atoms with Crippen molar-refractivity contribution in [3.63, 3.8) is 0 Å². The van der Waals surface area contributed by atoms with Gasteiger partial charge in [-0.3, -0.25) is 0 Å². The van der Waals surface area contributed by atoms with Gasteiger partial charge < -0.3 is 0 Å². The van der Waals surface area contributed by atoms with Crippen LogP contribution in [-0.4, -0.2) is 5.25 Å². The Morgan fingerprint density at radius 1 is 0.833 bits per heavy atom. The summed E-state index contributed by atoms with van der Waals surface area (Å²) in [5.41, 5.74) is 2.29. The molecule has 1 rings (SSSR count). The van der Waals surface area contributed by atoms with Gasteiger partial charge in [-0.25, -0.2) is 0 Å². The minimum absolute atomic E-state index is 0.237. The highest BCUT2D eigenvalue weighted by atomic mass is 32.2. The van der Waals surface area contributed by atoms with Crippen LogP contribution in [0.1, 0.15) is 62.3 Å². The van der Waals surface area contributed by atoms with Crippen LogP contribution in [0.2, 0.25) is 0 Å². The normalized spacial score (nSPS) is 22.6. The van der Waals surface area contributed by atoms with E-state index in [0.717, 1.165) is 0 Å². The Kier molecular flexibility index (Phi) is 4.18. The molecule has 0 bridgehead atoms. The fourth-order valence-electron chi connectivity index (χ4n) is 1.84. The molecule has 0 spiro atoms. The third-order valence-electron chi connectivity index (χ3n) is 3.33. The summed E-state index contributed by atoms with van der Waals surface area (Å²) in [4.78, 5) is 1.52. The van der Waals surface area contributed by atoms with Crippen LogP contribution < -0.4 is 0 Å². The number of hydrogen-bond acceptors (Lipinski definition) is 1. The van der Waals surface area contributed by atoms with Crippen molar-refractivity contribution in [2.24, 2.45) is 16.2 Å². The van der Waals surface area contributed by atoms with E-state index in [1.807, 2.05) is 11.8 Å². The standard InChI is InChI=1S/C17H30S/c1-15(2,3)12-10-13(16(4,5)6)18-14(11-12)17(7,8)9/h10-11,13H,1-9H3. The van der Waals surface area contributed by atoms with Gasteiger partial charge in [0.25, 0.3) is 0 Å². The van der Waals surface area contributed by atoms with Gasteiger partial charge >= 0.3 is 0 Å². The molecule has 0 fully saturated rings. The lowest BCUT2D eigenvalue weighted by molar-refractivity contribution is 0.422. The zero-order chi connectivity index (χ0) is 14.4. The molecule has 0 aromatic heterocycles. The van der Waals surface area contributed by atoms with Gasteiger partial charge in [0.15, 0.2) is 0 Å². The Morgan fingerprint density at radius 2 is 1.33 bits per heavy atom. The second-order valence-corrected chi connectivity index (χ2v) is 9.72. The van der Waals surface area contributed by atoms with Crippen LogP contribution >= 0.6 is 11.8 Å². The molecule has 0 saturated carbocycles. The Balaban J connectivity index is 3.21. The summed E-state index contributed by atoms with van der Waals surface area (Å²) in [6.45, 7) is 20.9. The third kappa shape index (κ3) is 3.91. The molecule has 0 aromatic carbocycles. The Morgan fingerprint density at radius 3 is 1.67 bits per heavy atom. The van der Waals surface area contributed by atoms with Gasteiger partial charge in [0.05, 0.1) is 0 Å².